The van der Waals surface area contributed by atoms with E-state index in [-0.39, 0.29) is 0 Å². The van der Waals surface area contributed by atoms with E-state index in [1.165, 1.54) is 0 Å². The van der Waals surface area contributed by atoms with Gasteiger partial charge in [-0.05, 0) is 20.0 Å². The van der Waals surface area contributed by atoms with Gasteiger partial charge in [-0.3, -0.25) is 0 Å². The molecule has 0 saturated carbocycles. The van der Waals surface area contributed by atoms with Crippen molar-refractivity contribution in [2.45, 2.75) is 6.42 Å². The lowest BCUT2D eigenvalue weighted by Gasteiger charge is -2.18. The van der Waals surface area contributed by atoms with E-state index in [2.05, 4.69) is 10.2 Å². The van der Waals surface area contributed by atoms with Crippen molar-refractivity contribution >= 4 is 9.84 Å². The van der Waals surface area contributed by atoms with Gasteiger partial charge in [0, 0.05) is 19.6 Å². The van der Waals surface area contributed by atoms with Crippen molar-refractivity contribution in [1.29, 1.82) is 0 Å². The summed E-state index contributed by atoms with van der Waals surface area (Å²) in [4.78, 5) is 2.21. The van der Waals surface area contributed by atoms with Gasteiger partial charge in [-0.2, -0.15) is 0 Å². The maximum Gasteiger partial charge on any atom is 0.151 e. The molecule has 1 fully saturated rings. The van der Waals surface area contributed by atoms with Gasteiger partial charge < -0.3 is 10.2 Å². The zero-order valence-electron chi connectivity index (χ0n) is 8.12. The van der Waals surface area contributed by atoms with Gasteiger partial charge >= 0.3 is 0 Å². The standard InChI is InChI=1S/C8H18N2O2S/c1-9-3-5-10-4-2-7-13(11,12)8-6-10/h9H,2-8H2,1H3. The van der Waals surface area contributed by atoms with Crippen LogP contribution in [0.2, 0.25) is 0 Å². The molecule has 0 aromatic rings. The van der Waals surface area contributed by atoms with E-state index in [4.69, 9.17) is 0 Å². The molecule has 1 heterocycles. The third-order valence-corrected chi connectivity index (χ3v) is 4.04. The minimum atomic E-state index is -2.74. The third-order valence-electron chi connectivity index (χ3n) is 2.33. The molecule has 4 nitrogen and oxygen atoms in total. The van der Waals surface area contributed by atoms with Crippen molar-refractivity contribution in [1.82, 2.24) is 10.2 Å². The van der Waals surface area contributed by atoms with E-state index in [1.807, 2.05) is 7.05 Å². The summed E-state index contributed by atoms with van der Waals surface area (Å²) < 4.78 is 22.5. The second-order valence-electron chi connectivity index (χ2n) is 3.45. The molecule has 1 rings (SSSR count). The zero-order valence-corrected chi connectivity index (χ0v) is 8.94. The third kappa shape index (κ3) is 4.06. The van der Waals surface area contributed by atoms with Crippen molar-refractivity contribution in [3.63, 3.8) is 0 Å². The predicted molar refractivity (Wildman–Crippen MR) is 53.6 cm³/mol. The van der Waals surface area contributed by atoms with E-state index in [0.717, 1.165) is 26.1 Å². The second kappa shape index (κ2) is 4.93. The Hall–Kier alpha value is -0.130. The van der Waals surface area contributed by atoms with Crippen molar-refractivity contribution in [2.24, 2.45) is 0 Å². The molecule has 0 bridgehead atoms. The van der Waals surface area contributed by atoms with Gasteiger partial charge in [0.1, 0.15) is 0 Å². The highest BCUT2D eigenvalue weighted by molar-refractivity contribution is 7.91. The van der Waals surface area contributed by atoms with Crippen LogP contribution in [0.15, 0.2) is 0 Å². The van der Waals surface area contributed by atoms with E-state index in [9.17, 15) is 8.42 Å². The number of nitrogens with zero attached hydrogens (tertiary/aromatic N) is 1. The maximum absolute atomic E-state index is 11.2. The van der Waals surface area contributed by atoms with Gasteiger partial charge in [-0.25, -0.2) is 8.42 Å². The summed E-state index contributed by atoms with van der Waals surface area (Å²) in [7, 11) is -0.828. The van der Waals surface area contributed by atoms with E-state index < -0.39 is 9.84 Å². The summed E-state index contributed by atoms with van der Waals surface area (Å²) in [6, 6.07) is 0. The summed E-state index contributed by atoms with van der Waals surface area (Å²) in [5, 5.41) is 3.07. The molecule has 13 heavy (non-hydrogen) atoms. The lowest BCUT2D eigenvalue weighted by Crippen LogP contribution is -2.33. The van der Waals surface area contributed by atoms with Crippen LogP contribution >= 0.6 is 0 Å². The fourth-order valence-electron chi connectivity index (χ4n) is 1.48. The molecule has 0 radical (unpaired) electrons. The molecule has 1 aliphatic heterocycles. The molecule has 5 heteroatoms. The molecule has 0 aliphatic carbocycles. The van der Waals surface area contributed by atoms with E-state index in [1.54, 1.807) is 0 Å². The zero-order chi connectivity index (χ0) is 9.73. The predicted octanol–water partition coefficient (Wildman–Crippen LogP) is -0.674. The lowest BCUT2D eigenvalue weighted by molar-refractivity contribution is 0.297. The Balaban J connectivity index is 2.36. The Labute approximate surface area is 80.2 Å². The number of hydrogen-bond acceptors (Lipinski definition) is 4. The highest BCUT2D eigenvalue weighted by atomic mass is 32.2. The molecule has 0 aromatic heterocycles. The van der Waals surface area contributed by atoms with Crippen molar-refractivity contribution in [3.8, 4) is 0 Å². The Bertz CT molecular complexity index is 239. The van der Waals surface area contributed by atoms with Crippen LogP contribution in [-0.2, 0) is 9.84 Å². The normalized spacial score (nSPS) is 24.1. The van der Waals surface area contributed by atoms with Crippen molar-refractivity contribution in [3.05, 3.63) is 0 Å². The fraction of sp³-hybridized carbons (Fsp3) is 1.00. The van der Waals surface area contributed by atoms with Crippen molar-refractivity contribution in [2.75, 3.05) is 44.7 Å². The molecular formula is C8H18N2O2S. The first-order valence-electron chi connectivity index (χ1n) is 4.71. The average Bonchev–Trinajstić information content (AvgIpc) is 2.23. The molecule has 1 saturated heterocycles. The molecule has 1 aliphatic rings. The molecule has 0 amide bonds. The molecule has 0 spiro atoms. The first kappa shape index (κ1) is 10.9. The van der Waals surface area contributed by atoms with Gasteiger partial charge in [-0.1, -0.05) is 0 Å². The molecule has 0 atom stereocenters. The quantitative estimate of drug-likeness (QED) is 0.665. The monoisotopic (exact) mass is 206 g/mol. The minimum Gasteiger partial charge on any atom is -0.318 e. The van der Waals surface area contributed by atoms with Crippen LogP contribution in [0.3, 0.4) is 0 Å². The number of sulfone groups is 1. The lowest BCUT2D eigenvalue weighted by atomic mass is 10.4. The molecule has 78 valence electrons. The van der Waals surface area contributed by atoms with Crippen LogP contribution in [-0.4, -0.2) is 58.1 Å². The molecule has 1 N–H and O–H groups in total. The summed E-state index contributed by atoms with van der Waals surface area (Å²) in [6.45, 7) is 3.50. The van der Waals surface area contributed by atoms with Gasteiger partial charge in [-0.15, -0.1) is 0 Å². The smallest absolute Gasteiger partial charge is 0.151 e. The van der Waals surface area contributed by atoms with Gasteiger partial charge in [0.25, 0.3) is 0 Å². The van der Waals surface area contributed by atoms with Gasteiger partial charge in [0.2, 0.25) is 0 Å². The summed E-state index contributed by atoms with van der Waals surface area (Å²) in [6.07, 6.45) is 0.784. The molecule has 0 aromatic carbocycles. The summed E-state index contributed by atoms with van der Waals surface area (Å²) in [5.41, 5.74) is 0. The molecule has 0 unspecified atom stereocenters. The topological polar surface area (TPSA) is 49.4 Å². The van der Waals surface area contributed by atoms with Gasteiger partial charge in [0.15, 0.2) is 9.84 Å². The SMILES string of the molecule is CNCCN1CCCS(=O)(=O)CC1. The van der Waals surface area contributed by atoms with Crippen LogP contribution in [0.5, 0.6) is 0 Å². The van der Waals surface area contributed by atoms with Crippen molar-refractivity contribution < 1.29 is 8.42 Å². The van der Waals surface area contributed by atoms with E-state index in [0.29, 0.717) is 18.1 Å². The number of nitrogens with one attached hydrogen (secondary N) is 1. The Morgan fingerprint density at radius 1 is 1.31 bits per heavy atom. The first-order chi connectivity index (χ1) is 6.14. The minimum absolute atomic E-state index is 0.330. The fourth-order valence-corrected chi connectivity index (χ4v) is 2.79. The Morgan fingerprint density at radius 3 is 2.77 bits per heavy atom. The number of hydrogen-bond donors (Lipinski definition) is 1. The first-order valence-corrected chi connectivity index (χ1v) is 6.53. The summed E-state index contributed by atoms with van der Waals surface area (Å²) >= 11 is 0. The average molecular weight is 206 g/mol. The van der Waals surface area contributed by atoms with Crippen LogP contribution in [0.25, 0.3) is 0 Å². The Morgan fingerprint density at radius 2 is 2.08 bits per heavy atom. The van der Waals surface area contributed by atoms with Crippen LogP contribution in [0, 0.1) is 0 Å². The Kier molecular flexibility index (Phi) is 4.15. The second-order valence-corrected chi connectivity index (χ2v) is 5.75. The highest BCUT2D eigenvalue weighted by Gasteiger charge is 2.18. The van der Waals surface area contributed by atoms with Crippen LogP contribution < -0.4 is 5.32 Å². The molecular weight excluding hydrogens is 188 g/mol. The van der Waals surface area contributed by atoms with E-state index >= 15 is 0 Å². The largest absolute Gasteiger partial charge is 0.318 e. The highest BCUT2D eigenvalue weighted by Crippen LogP contribution is 2.03. The number of rotatable bonds is 3. The maximum atomic E-state index is 11.2. The van der Waals surface area contributed by atoms with Gasteiger partial charge in [0.05, 0.1) is 11.5 Å². The summed E-state index contributed by atoms with van der Waals surface area (Å²) in [5.74, 6) is 0.694. The van der Waals surface area contributed by atoms with Crippen LogP contribution in [0.4, 0.5) is 0 Å². The van der Waals surface area contributed by atoms with Crippen LogP contribution in [0.1, 0.15) is 6.42 Å². The number of likely N-dealkylation sites (N-methyl/N-ethyl adjacent to an activating group) is 1.